The molecule has 5 nitrogen and oxygen atoms in total. The summed E-state index contributed by atoms with van der Waals surface area (Å²) in [5.74, 6) is -1.69. The lowest BCUT2D eigenvalue weighted by molar-refractivity contribution is 0.0939. The molecule has 0 aliphatic rings. The number of rotatable bonds is 5. The maximum absolute atomic E-state index is 13.5. The van der Waals surface area contributed by atoms with E-state index in [1.807, 2.05) is 6.92 Å². The molecular weight excluding hydrogens is 319 g/mol. The molecule has 7 heteroatoms. The third-order valence-corrected chi connectivity index (χ3v) is 5.17. The fourth-order valence-electron chi connectivity index (χ4n) is 2.07. The predicted octanol–water partition coefficient (Wildman–Crippen LogP) is 2.12. The summed E-state index contributed by atoms with van der Waals surface area (Å²) in [6.45, 7) is 3.42. The van der Waals surface area contributed by atoms with Crippen LogP contribution in [0.4, 0.5) is 4.39 Å². The highest BCUT2D eigenvalue weighted by Crippen LogP contribution is 2.13. The molecule has 1 atom stereocenters. The highest BCUT2D eigenvalue weighted by atomic mass is 32.2. The van der Waals surface area contributed by atoms with Crippen LogP contribution in [-0.2, 0) is 9.84 Å². The second-order valence-corrected chi connectivity index (χ2v) is 7.36. The fraction of sp³-hybridized carbons (Fsp3) is 0.250. The molecule has 0 fully saturated rings. The Labute approximate surface area is 134 Å². The number of benzene rings is 1. The molecule has 2 aromatic rings. The number of nitrogens with one attached hydrogen (secondary N) is 1. The second kappa shape index (κ2) is 6.87. The molecule has 0 aliphatic carbocycles. The van der Waals surface area contributed by atoms with Crippen LogP contribution in [0.2, 0.25) is 0 Å². The van der Waals surface area contributed by atoms with Crippen LogP contribution in [0.1, 0.15) is 22.8 Å². The minimum absolute atomic E-state index is 0.167. The lowest BCUT2D eigenvalue weighted by atomic mass is 10.2. The Bertz CT molecular complexity index is 804. The number of amides is 1. The molecule has 1 N–H and O–H groups in total. The molecule has 1 aromatic carbocycles. The third kappa shape index (κ3) is 4.35. The number of hydrogen-bond donors (Lipinski definition) is 1. The fourth-order valence-corrected chi connectivity index (χ4v) is 3.56. The Balaban J connectivity index is 2.07. The molecule has 1 amide bonds. The lowest BCUT2D eigenvalue weighted by Crippen LogP contribution is -2.38. The lowest BCUT2D eigenvalue weighted by Gasteiger charge is -2.14. The van der Waals surface area contributed by atoms with Crippen molar-refractivity contribution in [1.29, 1.82) is 0 Å². The summed E-state index contributed by atoms with van der Waals surface area (Å²) in [6.07, 6.45) is 2.23. The molecule has 0 spiro atoms. The molecule has 1 unspecified atom stereocenters. The number of hydrogen-bond acceptors (Lipinski definition) is 4. The number of carbonyl (C=O) groups is 1. The maximum atomic E-state index is 13.5. The summed E-state index contributed by atoms with van der Waals surface area (Å²) in [7, 11) is -3.54. The van der Waals surface area contributed by atoms with E-state index in [-0.39, 0.29) is 16.2 Å². The first kappa shape index (κ1) is 17.1. The van der Waals surface area contributed by atoms with Gasteiger partial charge in [-0.25, -0.2) is 12.8 Å². The van der Waals surface area contributed by atoms with E-state index in [1.54, 1.807) is 19.1 Å². The highest BCUT2D eigenvalue weighted by molar-refractivity contribution is 7.91. The van der Waals surface area contributed by atoms with Gasteiger partial charge in [-0.1, -0.05) is 17.7 Å². The van der Waals surface area contributed by atoms with Crippen LogP contribution in [0.25, 0.3) is 0 Å². The number of pyridine rings is 1. The van der Waals surface area contributed by atoms with E-state index >= 15 is 0 Å². The van der Waals surface area contributed by atoms with Gasteiger partial charge in [-0.3, -0.25) is 9.78 Å². The Kier molecular flexibility index (Phi) is 5.10. The van der Waals surface area contributed by atoms with E-state index < -0.39 is 27.6 Å². The van der Waals surface area contributed by atoms with Crippen molar-refractivity contribution in [1.82, 2.24) is 10.3 Å². The van der Waals surface area contributed by atoms with E-state index in [4.69, 9.17) is 0 Å². The second-order valence-electron chi connectivity index (χ2n) is 5.32. The molecular formula is C16H17FN2O3S. The Morgan fingerprint density at radius 2 is 1.91 bits per heavy atom. The van der Waals surface area contributed by atoms with E-state index in [2.05, 4.69) is 10.3 Å². The number of aryl methyl sites for hydroxylation is 1. The van der Waals surface area contributed by atoms with E-state index in [9.17, 15) is 17.6 Å². The molecule has 0 aliphatic heterocycles. The molecule has 23 heavy (non-hydrogen) atoms. The Hall–Kier alpha value is -2.28. The molecule has 122 valence electrons. The van der Waals surface area contributed by atoms with Crippen molar-refractivity contribution in [3.8, 4) is 0 Å². The van der Waals surface area contributed by atoms with Gasteiger partial charge in [0.1, 0.15) is 0 Å². The van der Waals surface area contributed by atoms with Gasteiger partial charge in [0.2, 0.25) is 0 Å². The largest absolute Gasteiger partial charge is 0.348 e. The number of sulfone groups is 1. The van der Waals surface area contributed by atoms with Crippen molar-refractivity contribution < 1.29 is 17.6 Å². The van der Waals surface area contributed by atoms with Crippen LogP contribution in [0.5, 0.6) is 0 Å². The van der Waals surface area contributed by atoms with E-state index in [1.165, 1.54) is 24.4 Å². The molecule has 0 bridgehead atoms. The number of nitrogens with zero attached hydrogens (tertiary/aromatic N) is 1. The summed E-state index contributed by atoms with van der Waals surface area (Å²) in [5, 5.41) is 2.49. The average Bonchev–Trinajstić information content (AvgIpc) is 2.47. The monoisotopic (exact) mass is 336 g/mol. The van der Waals surface area contributed by atoms with Crippen molar-refractivity contribution in [3.63, 3.8) is 0 Å². The predicted molar refractivity (Wildman–Crippen MR) is 84.4 cm³/mol. The minimum Gasteiger partial charge on any atom is -0.348 e. The SMILES string of the molecule is Cc1ccc(S(=O)(=O)CC(C)NC(=O)c2ccncc2F)cc1. The number of aromatic nitrogens is 1. The van der Waals surface area contributed by atoms with Crippen molar-refractivity contribution in [2.45, 2.75) is 24.8 Å². The Morgan fingerprint density at radius 1 is 1.26 bits per heavy atom. The summed E-state index contributed by atoms with van der Waals surface area (Å²) in [6, 6.07) is 7.06. The third-order valence-electron chi connectivity index (χ3n) is 3.24. The van der Waals surface area contributed by atoms with Crippen molar-refractivity contribution >= 4 is 15.7 Å². The van der Waals surface area contributed by atoms with Gasteiger partial charge in [0.05, 0.1) is 22.4 Å². The highest BCUT2D eigenvalue weighted by Gasteiger charge is 2.21. The number of carbonyl (C=O) groups excluding carboxylic acids is 1. The van der Waals surface area contributed by atoms with Gasteiger partial charge < -0.3 is 5.32 Å². The van der Waals surface area contributed by atoms with E-state index in [0.717, 1.165) is 11.8 Å². The smallest absolute Gasteiger partial charge is 0.254 e. The normalized spacial score (nSPS) is 12.7. The zero-order valence-electron chi connectivity index (χ0n) is 12.8. The quantitative estimate of drug-likeness (QED) is 0.907. The number of halogens is 1. The van der Waals surface area contributed by atoms with Gasteiger partial charge in [0.25, 0.3) is 5.91 Å². The van der Waals surface area contributed by atoms with Crippen LogP contribution in [0.15, 0.2) is 47.6 Å². The molecule has 2 rings (SSSR count). The average molecular weight is 336 g/mol. The summed E-state index contributed by atoms with van der Waals surface area (Å²) < 4.78 is 38.1. The summed E-state index contributed by atoms with van der Waals surface area (Å²) >= 11 is 0. The zero-order valence-corrected chi connectivity index (χ0v) is 13.6. The van der Waals surface area contributed by atoms with Crippen LogP contribution < -0.4 is 5.32 Å². The first-order valence-corrected chi connectivity index (χ1v) is 8.64. The van der Waals surface area contributed by atoms with Gasteiger partial charge in [-0.05, 0) is 32.0 Å². The summed E-state index contributed by atoms with van der Waals surface area (Å²) in [5.41, 5.74) is 0.790. The van der Waals surface area contributed by atoms with Gasteiger partial charge in [0.15, 0.2) is 15.7 Å². The van der Waals surface area contributed by atoms with Crippen molar-refractivity contribution in [2.24, 2.45) is 0 Å². The van der Waals surface area contributed by atoms with Crippen molar-refractivity contribution in [3.05, 3.63) is 59.7 Å². The van der Waals surface area contributed by atoms with Gasteiger partial charge in [-0.2, -0.15) is 0 Å². The van der Waals surface area contributed by atoms with Crippen LogP contribution >= 0.6 is 0 Å². The Morgan fingerprint density at radius 3 is 2.52 bits per heavy atom. The van der Waals surface area contributed by atoms with Crippen LogP contribution in [0, 0.1) is 12.7 Å². The van der Waals surface area contributed by atoms with Crippen molar-refractivity contribution in [2.75, 3.05) is 5.75 Å². The first-order chi connectivity index (χ1) is 10.8. The molecule has 0 saturated heterocycles. The topological polar surface area (TPSA) is 76.1 Å². The molecule has 1 heterocycles. The van der Waals surface area contributed by atoms with Crippen LogP contribution in [-0.4, -0.2) is 31.1 Å². The van der Waals surface area contributed by atoms with E-state index in [0.29, 0.717) is 0 Å². The minimum atomic E-state index is -3.54. The molecule has 1 aromatic heterocycles. The van der Waals surface area contributed by atoms with Gasteiger partial charge in [-0.15, -0.1) is 0 Å². The van der Waals surface area contributed by atoms with Gasteiger partial charge >= 0.3 is 0 Å². The zero-order chi connectivity index (χ0) is 17.0. The van der Waals surface area contributed by atoms with Gasteiger partial charge in [0, 0.05) is 12.2 Å². The first-order valence-electron chi connectivity index (χ1n) is 6.99. The molecule has 0 saturated carbocycles. The standard InChI is InChI=1S/C16H17FN2O3S/c1-11-3-5-13(6-4-11)23(21,22)10-12(2)19-16(20)14-7-8-18-9-15(14)17/h3-9,12H,10H2,1-2H3,(H,19,20). The molecule has 0 radical (unpaired) electrons. The maximum Gasteiger partial charge on any atom is 0.254 e. The van der Waals surface area contributed by atoms with Crippen LogP contribution in [0.3, 0.4) is 0 Å². The summed E-state index contributed by atoms with van der Waals surface area (Å²) in [4.78, 5) is 15.7.